The van der Waals surface area contributed by atoms with Crippen molar-refractivity contribution in [1.29, 1.82) is 0 Å². The third-order valence-corrected chi connectivity index (χ3v) is 2.29. The third kappa shape index (κ3) is 6.48. The number of hydrogen-bond donors (Lipinski definition) is 1. The van der Waals surface area contributed by atoms with Crippen LogP contribution in [0.25, 0.3) is 0 Å². The summed E-state index contributed by atoms with van der Waals surface area (Å²) in [6.45, 7) is 9.00. The molecule has 0 saturated heterocycles. The summed E-state index contributed by atoms with van der Waals surface area (Å²) in [5.41, 5.74) is 0.455. The number of thioether (sulfide) groups is 1. The van der Waals surface area contributed by atoms with E-state index in [4.69, 9.17) is 0 Å². The topological polar surface area (TPSA) is 46.2 Å². The van der Waals surface area contributed by atoms with E-state index in [-0.39, 0.29) is 11.0 Å². The molecule has 78 valence electrons. The zero-order valence-electron chi connectivity index (χ0n) is 8.34. The van der Waals surface area contributed by atoms with Crippen LogP contribution >= 0.6 is 11.8 Å². The predicted molar refractivity (Wildman–Crippen MR) is 60.1 cm³/mol. The van der Waals surface area contributed by atoms with Crippen LogP contribution in [0, 0.1) is 0 Å². The first-order valence-corrected chi connectivity index (χ1v) is 5.26. The van der Waals surface area contributed by atoms with Crippen molar-refractivity contribution in [2.75, 3.05) is 12.3 Å². The lowest BCUT2D eigenvalue weighted by molar-refractivity contribution is -0.117. The van der Waals surface area contributed by atoms with Crippen LogP contribution in [0.4, 0.5) is 0 Å². The maximum Gasteiger partial charge on any atom is 0.246 e. The van der Waals surface area contributed by atoms with E-state index in [1.807, 2.05) is 0 Å². The molecule has 0 rings (SSSR count). The van der Waals surface area contributed by atoms with Gasteiger partial charge < -0.3 is 5.32 Å². The fourth-order valence-corrected chi connectivity index (χ4v) is 1.20. The Hall–Kier alpha value is -1.03. The molecule has 0 aliphatic heterocycles. The van der Waals surface area contributed by atoms with Gasteiger partial charge in [-0.2, -0.15) is 0 Å². The number of hydrogen-bond acceptors (Lipinski definition) is 3. The van der Waals surface area contributed by atoms with Gasteiger partial charge in [-0.25, -0.2) is 0 Å². The van der Waals surface area contributed by atoms with Crippen LogP contribution in [0.1, 0.15) is 13.3 Å². The van der Waals surface area contributed by atoms with E-state index in [1.54, 1.807) is 13.0 Å². The van der Waals surface area contributed by atoms with Crippen molar-refractivity contribution in [3.05, 3.63) is 24.8 Å². The van der Waals surface area contributed by atoms with Gasteiger partial charge in [0, 0.05) is 24.3 Å². The van der Waals surface area contributed by atoms with E-state index >= 15 is 0 Å². The number of carbonyl (C=O) groups excluding carboxylic acids is 2. The fraction of sp³-hybridized carbons (Fsp3) is 0.400. The molecule has 0 aromatic carbocycles. The first-order chi connectivity index (χ1) is 6.57. The molecule has 0 aromatic rings. The smallest absolute Gasteiger partial charge is 0.246 e. The largest absolute Gasteiger partial charge is 0.352 e. The zero-order valence-corrected chi connectivity index (χ0v) is 9.15. The maximum atomic E-state index is 11.1. The quantitative estimate of drug-likeness (QED) is 0.537. The van der Waals surface area contributed by atoms with Gasteiger partial charge in [-0.15, -0.1) is 6.58 Å². The second kappa shape index (κ2) is 7.38. The van der Waals surface area contributed by atoms with Gasteiger partial charge in [0.1, 0.15) is 0 Å². The van der Waals surface area contributed by atoms with Crippen LogP contribution in [0.5, 0.6) is 0 Å². The standard InChI is InChI=1S/C10H15NO2S/c1-4-7-14-9(12)5-6-11-10(13)8(2)3/h4H,1-2,5-7H2,3H3,(H,11,13). The van der Waals surface area contributed by atoms with Crippen molar-refractivity contribution in [2.24, 2.45) is 0 Å². The first-order valence-electron chi connectivity index (χ1n) is 4.28. The van der Waals surface area contributed by atoms with Gasteiger partial charge in [0.15, 0.2) is 5.12 Å². The molecular formula is C10H15NO2S. The van der Waals surface area contributed by atoms with Gasteiger partial charge in [-0.3, -0.25) is 9.59 Å². The lowest BCUT2D eigenvalue weighted by Crippen LogP contribution is -2.25. The summed E-state index contributed by atoms with van der Waals surface area (Å²) in [6, 6.07) is 0. The van der Waals surface area contributed by atoms with Gasteiger partial charge >= 0.3 is 0 Å². The summed E-state index contributed by atoms with van der Waals surface area (Å²) in [7, 11) is 0. The summed E-state index contributed by atoms with van der Waals surface area (Å²) in [6.07, 6.45) is 2.02. The minimum absolute atomic E-state index is 0.0620. The summed E-state index contributed by atoms with van der Waals surface area (Å²) in [4.78, 5) is 22.1. The van der Waals surface area contributed by atoms with Crippen LogP contribution in [0.3, 0.4) is 0 Å². The Bertz CT molecular complexity index is 249. The van der Waals surface area contributed by atoms with Crippen molar-refractivity contribution in [3.63, 3.8) is 0 Å². The highest BCUT2D eigenvalue weighted by Crippen LogP contribution is 2.04. The Morgan fingerprint density at radius 2 is 2.14 bits per heavy atom. The molecule has 0 aromatic heterocycles. The molecule has 0 aliphatic carbocycles. The molecule has 0 radical (unpaired) electrons. The number of carbonyl (C=O) groups is 2. The van der Waals surface area contributed by atoms with Crippen molar-refractivity contribution in [3.8, 4) is 0 Å². The second-order valence-corrected chi connectivity index (χ2v) is 3.84. The van der Waals surface area contributed by atoms with Gasteiger partial charge in [0.2, 0.25) is 5.91 Å². The summed E-state index contributed by atoms with van der Waals surface area (Å²) in [5, 5.41) is 2.65. The SMILES string of the molecule is C=CCSC(=O)CCNC(=O)C(=C)C. The van der Waals surface area contributed by atoms with Gasteiger partial charge in [-0.05, 0) is 6.92 Å². The molecule has 14 heavy (non-hydrogen) atoms. The van der Waals surface area contributed by atoms with Gasteiger partial charge in [0.05, 0.1) is 0 Å². The Morgan fingerprint density at radius 1 is 1.50 bits per heavy atom. The molecule has 0 aliphatic rings. The molecule has 1 N–H and O–H groups in total. The average molecular weight is 213 g/mol. The van der Waals surface area contributed by atoms with Crippen molar-refractivity contribution in [2.45, 2.75) is 13.3 Å². The van der Waals surface area contributed by atoms with Crippen LogP contribution in [-0.2, 0) is 9.59 Å². The highest BCUT2D eigenvalue weighted by atomic mass is 32.2. The zero-order chi connectivity index (χ0) is 11.0. The molecule has 0 spiro atoms. The van der Waals surface area contributed by atoms with Crippen LogP contribution in [-0.4, -0.2) is 23.3 Å². The van der Waals surface area contributed by atoms with Gasteiger partial charge in [0.25, 0.3) is 0 Å². The molecule has 4 heteroatoms. The maximum absolute atomic E-state index is 11.1. The Morgan fingerprint density at radius 3 is 2.64 bits per heavy atom. The van der Waals surface area contributed by atoms with Crippen LogP contribution < -0.4 is 5.32 Å². The first kappa shape index (κ1) is 13.0. The molecule has 3 nitrogen and oxygen atoms in total. The molecule has 0 heterocycles. The molecule has 0 atom stereocenters. The highest BCUT2D eigenvalue weighted by Gasteiger charge is 2.03. The monoisotopic (exact) mass is 213 g/mol. The van der Waals surface area contributed by atoms with E-state index in [1.165, 1.54) is 11.8 Å². The van der Waals surface area contributed by atoms with Crippen molar-refractivity contribution in [1.82, 2.24) is 5.32 Å². The van der Waals surface area contributed by atoms with Crippen molar-refractivity contribution >= 4 is 22.8 Å². The fourth-order valence-electron chi connectivity index (χ4n) is 0.653. The Kier molecular flexibility index (Phi) is 6.84. The van der Waals surface area contributed by atoms with Crippen LogP contribution in [0.15, 0.2) is 24.8 Å². The molecule has 1 amide bonds. The molecule has 0 bridgehead atoms. The molecular weight excluding hydrogens is 198 g/mol. The minimum atomic E-state index is -0.202. The van der Waals surface area contributed by atoms with Crippen molar-refractivity contribution < 1.29 is 9.59 Å². The second-order valence-electron chi connectivity index (χ2n) is 2.76. The van der Waals surface area contributed by atoms with E-state index in [0.717, 1.165) is 0 Å². The van der Waals surface area contributed by atoms with E-state index in [2.05, 4.69) is 18.5 Å². The minimum Gasteiger partial charge on any atom is -0.352 e. The third-order valence-electron chi connectivity index (χ3n) is 1.36. The molecule has 0 unspecified atom stereocenters. The summed E-state index contributed by atoms with van der Waals surface area (Å²) in [5.74, 6) is 0.416. The van der Waals surface area contributed by atoms with E-state index in [0.29, 0.717) is 24.3 Å². The molecule has 0 fully saturated rings. The normalized spacial score (nSPS) is 9.21. The average Bonchev–Trinajstić information content (AvgIpc) is 2.14. The summed E-state index contributed by atoms with van der Waals surface area (Å²) < 4.78 is 0. The number of amides is 1. The lowest BCUT2D eigenvalue weighted by atomic mass is 10.3. The predicted octanol–water partition coefficient (Wildman–Crippen LogP) is 1.51. The van der Waals surface area contributed by atoms with E-state index in [9.17, 15) is 9.59 Å². The number of nitrogens with one attached hydrogen (secondary N) is 1. The van der Waals surface area contributed by atoms with Crippen LogP contribution in [0.2, 0.25) is 0 Å². The Labute approximate surface area is 88.6 Å². The lowest BCUT2D eigenvalue weighted by Gasteiger charge is -2.02. The highest BCUT2D eigenvalue weighted by molar-refractivity contribution is 8.13. The van der Waals surface area contributed by atoms with E-state index < -0.39 is 0 Å². The number of rotatable bonds is 6. The Balaban J connectivity index is 3.53. The summed E-state index contributed by atoms with van der Waals surface area (Å²) >= 11 is 1.21. The molecule has 0 saturated carbocycles. The van der Waals surface area contributed by atoms with Gasteiger partial charge in [-0.1, -0.05) is 24.4 Å².